The van der Waals surface area contributed by atoms with Crippen molar-refractivity contribution in [2.24, 2.45) is 0 Å². The fraction of sp³-hybridized carbons (Fsp3) is 0.143. The second kappa shape index (κ2) is 9.70. The lowest BCUT2D eigenvalue weighted by Crippen LogP contribution is -2.17. The third-order valence-corrected chi connectivity index (χ3v) is 5.13. The summed E-state index contributed by atoms with van der Waals surface area (Å²) in [5, 5.41) is 21.7. The van der Waals surface area contributed by atoms with Crippen LogP contribution in [0.1, 0.15) is 33.6 Å². The highest BCUT2D eigenvalue weighted by Crippen LogP contribution is 2.24. The third kappa shape index (κ3) is 4.73. The Bertz CT molecular complexity index is 1360. The lowest BCUT2D eigenvalue weighted by molar-refractivity contribution is -0.390. The maximum absolute atomic E-state index is 12.9. The van der Waals surface area contributed by atoms with E-state index in [1.807, 2.05) is 6.07 Å². The molecule has 0 radical (unpaired) electrons. The van der Waals surface area contributed by atoms with Gasteiger partial charge in [-0.2, -0.15) is 9.78 Å². The van der Waals surface area contributed by atoms with Gasteiger partial charge < -0.3 is 24.6 Å². The summed E-state index contributed by atoms with van der Waals surface area (Å²) in [5.41, 5.74) is 0.707. The van der Waals surface area contributed by atoms with E-state index in [0.717, 1.165) is 0 Å². The standard InChI is InChI=1S/C21H17BrN6O6/c1-2-33-21(30)15-10-23-27(13-6-4-3-5-7-13)18(15)24-20(29)17-9-8-14(34-17)11-26-12-16(22)19(25-26)28(31)32/h3-10,12H,2,11H2,1H3,(H,24,29). The normalized spacial score (nSPS) is 10.8. The Morgan fingerprint density at radius 3 is 2.68 bits per heavy atom. The van der Waals surface area contributed by atoms with Gasteiger partial charge in [-0.3, -0.25) is 4.79 Å². The molecule has 0 aliphatic heterocycles. The summed E-state index contributed by atoms with van der Waals surface area (Å²) < 4.78 is 13.6. The highest BCUT2D eigenvalue weighted by molar-refractivity contribution is 9.10. The topological polar surface area (TPSA) is 147 Å². The summed E-state index contributed by atoms with van der Waals surface area (Å²) in [5.74, 6) is -1.15. The Labute approximate surface area is 200 Å². The zero-order chi connectivity index (χ0) is 24.2. The average molecular weight is 529 g/mol. The van der Waals surface area contributed by atoms with Crippen LogP contribution in [0.5, 0.6) is 0 Å². The monoisotopic (exact) mass is 528 g/mol. The average Bonchev–Trinajstić information content (AvgIpc) is 3.53. The number of carbonyl (C=O) groups excluding carboxylic acids is 2. The smallest absolute Gasteiger partial charge is 0.404 e. The van der Waals surface area contributed by atoms with Crippen molar-refractivity contribution < 1.29 is 23.7 Å². The number of nitrogens with zero attached hydrogens (tertiary/aromatic N) is 5. The highest BCUT2D eigenvalue weighted by Gasteiger charge is 2.24. The van der Waals surface area contributed by atoms with Crippen LogP contribution in [0, 0.1) is 10.1 Å². The summed E-state index contributed by atoms with van der Waals surface area (Å²) in [6, 6.07) is 12.0. The van der Waals surface area contributed by atoms with E-state index >= 15 is 0 Å². The van der Waals surface area contributed by atoms with E-state index in [2.05, 4.69) is 31.4 Å². The summed E-state index contributed by atoms with van der Waals surface area (Å²) >= 11 is 3.08. The highest BCUT2D eigenvalue weighted by atomic mass is 79.9. The number of esters is 1. The van der Waals surface area contributed by atoms with Crippen molar-refractivity contribution >= 4 is 39.4 Å². The Hall–Kier alpha value is -4.26. The number of anilines is 1. The molecule has 3 heterocycles. The van der Waals surface area contributed by atoms with Crippen LogP contribution in [0.3, 0.4) is 0 Å². The SMILES string of the molecule is CCOC(=O)c1cnn(-c2ccccc2)c1NC(=O)c1ccc(Cn2cc(Br)c([N+](=O)[O-])n2)o1. The number of amides is 1. The van der Waals surface area contributed by atoms with Crippen molar-refractivity contribution in [3.8, 4) is 5.69 Å². The molecule has 3 aromatic heterocycles. The number of hydrogen-bond acceptors (Lipinski definition) is 8. The van der Waals surface area contributed by atoms with Crippen LogP contribution >= 0.6 is 15.9 Å². The van der Waals surface area contributed by atoms with Crippen LogP contribution in [-0.4, -0.2) is 43.0 Å². The number of ether oxygens (including phenoxy) is 1. The van der Waals surface area contributed by atoms with Gasteiger partial charge in [-0.1, -0.05) is 18.2 Å². The number of aromatic nitrogens is 4. The maximum Gasteiger partial charge on any atom is 0.404 e. The van der Waals surface area contributed by atoms with Gasteiger partial charge in [0.05, 0.1) is 29.8 Å². The lowest BCUT2D eigenvalue weighted by Gasteiger charge is -2.10. The number of para-hydroxylation sites is 1. The minimum absolute atomic E-state index is 0.0358. The largest absolute Gasteiger partial charge is 0.462 e. The lowest BCUT2D eigenvalue weighted by atomic mass is 10.3. The Balaban J connectivity index is 1.58. The minimum atomic E-state index is -0.633. The van der Waals surface area contributed by atoms with Gasteiger partial charge >= 0.3 is 11.8 Å². The van der Waals surface area contributed by atoms with E-state index < -0.39 is 16.8 Å². The van der Waals surface area contributed by atoms with Crippen molar-refractivity contribution in [3.63, 3.8) is 0 Å². The van der Waals surface area contributed by atoms with Crippen LogP contribution in [0.25, 0.3) is 5.69 Å². The molecule has 34 heavy (non-hydrogen) atoms. The van der Waals surface area contributed by atoms with Gasteiger partial charge in [0, 0.05) is 0 Å². The van der Waals surface area contributed by atoms with E-state index in [4.69, 9.17) is 9.15 Å². The number of nitrogens with one attached hydrogen (secondary N) is 1. The van der Waals surface area contributed by atoms with Gasteiger partial charge in [0.25, 0.3) is 5.91 Å². The Morgan fingerprint density at radius 1 is 1.24 bits per heavy atom. The van der Waals surface area contributed by atoms with Crippen LogP contribution < -0.4 is 5.32 Å². The van der Waals surface area contributed by atoms with Crippen LogP contribution in [-0.2, 0) is 11.3 Å². The molecule has 0 unspecified atom stereocenters. The van der Waals surface area contributed by atoms with Gasteiger partial charge in [0.2, 0.25) is 0 Å². The first-order valence-corrected chi connectivity index (χ1v) is 10.7. The molecule has 12 nitrogen and oxygen atoms in total. The predicted molar refractivity (Wildman–Crippen MR) is 122 cm³/mol. The fourth-order valence-corrected chi connectivity index (χ4v) is 3.56. The first-order chi connectivity index (χ1) is 16.4. The van der Waals surface area contributed by atoms with Gasteiger partial charge in [0.15, 0.2) is 11.6 Å². The maximum atomic E-state index is 12.9. The molecule has 174 valence electrons. The number of hydrogen-bond donors (Lipinski definition) is 1. The molecule has 0 bridgehead atoms. The first kappa shape index (κ1) is 22.9. The summed E-state index contributed by atoms with van der Waals surface area (Å²) in [4.78, 5) is 35.7. The molecular formula is C21H17BrN6O6. The van der Waals surface area contributed by atoms with Crippen molar-refractivity contribution in [2.75, 3.05) is 11.9 Å². The molecule has 1 amide bonds. The van der Waals surface area contributed by atoms with Crippen molar-refractivity contribution in [2.45, 2.75) is 13.5 Å². The first-order valence-electron chi connectivity index (χ1n) is 9.95. The quantitative estimate of drug-likeness (QED) is 0.206. The molecule has 1 N–H and O–H groups in total. The Kier molecular flexibility index (Phi) is 6.54. The van der Waals surface area contributed by atoms with Gasteiger partial charge in [-0.25, -0.2) is 9.48 Å². The van der Waals surface area contributed by atoms with E-state index in [0.29, 0.717) is 11.4 Å². The molecule has 1 aromatic carbocycles. The van der Waals surface area contributed by atoms with Crippen molar-refractivity contribution in [1.29, 1.82) is 0 Å². The molecular weight excluding hydrogens is 512 g/mol. The number of nitro groups is 1. The van der Waals surface area contributed by atoms with Crippen LogP contribution in [0.15, 0.2) is 63.7 Å². The molecule has 0 spiro atoms. The number of benzene rings is 1. The van der Waals surface area contributed by atoms with E-state index in [1.54, 1.807) is 37.3 Å². The second-order valence-corrected chi connectivity index (χ2v) is 7.70. The zero-order valence-corrected chi connectivity index (χ0v) is 19.3. The van der Waals surface area contributed by atoms with E-state index in [1.165, 1.54) is 27.8 Å². The third-order valence-electron chi connectivity index (χ3n) is 4.57. The molecule has 4 aromatic rings. The molecule has 0 saturated carbocycles. The molecule has 0 aliphatic rings. The summed E-state index contributed by atoms with van der Waals surface area (Å²) in [6.45, 7) is 1.90. The summed E-state index contributed by atoms with van der Waals surface area (Å²) in [7, 11) is 0. The molecule has 0 fully saturated rings. The van der Waals surface area contributed by atoms with Gasteiger partial charge in [0.1, 0.15) is 22.3 Å². The second-order valence-electron chi connectivity index (χ2n) is 6.85. The molecule has 4 rings (SSSR count). The minimum Gasteiger partial charge on any atom is -0.462 e. The fourth-order valence-electron chi connectivity index (χ4n) is 3.10. The van der Waals surface area contributed by atoms with Crippen LogP contribution in [0.4, 0.5) is 11.6 Å². The molecule has 0 saturated heterocycles. The molecule has 0 atom stereocenters. The van der Waals surface area contributed by atoms with E-state index in [9.17, 15) is 19.7 Å². The van der Waals surface area contributed by atoms with Crippen molar-refractivity contribution in [3.05, 3.63) is 86.5 Å². The van der Waals surface area contributed by atoms with Gasteiger partial charge in [-0.05, 0) is 52.0 Å². The number of furan rings is 1. The number of carbonyl (C=O) groups is 2. The molecule has 0 aliphatic carbocycles. The Morgan fingerprint density at radius 2 is 2.00 bits per heavy atom. The van der Waals surface area contributed by atoms with Crippen molar-refractivity contribution in [1.82, 2.24) is 19.6 Å². The summed E-state index contributed by atoms with van der Waals surface area (Å²) in [6.07, 6.45) is 2.75. The van der Waals surface area contributed by atoms with E-state index in [-0.39, 0.29) is 40.6 Å². The van der Waals surface area contributed by atoms with Gasteiger partial charge in [-0.15, -0.1) is 0 Å². The molecule has 13 heteroatoms. The van der Waals surface area contributed by atoms with Crippen LogP contribution in [0.2, 0.25) is 0 Å². The predicted octanol–water partition coefficient (Wildman–Crippen LogP) is 3.81. The number of rotatable bonds is 8. The zero-order valence-electron chi connectivity index (χ0n) is 17.7. The number of halogens is 1.